The number of unbranched alkanes of at least 4 members (excludes halogenated alkanes) is 2. The molecular weight excluding hydrogens is 516 g/mol. The molecule has 216 valence electrons. The van der Waals surface area contributed by atoms with Gasteiger partial charge in [0.2, 0.25) is 0 Å². The number of ether oxygens (including phenoxy) is 3. The largest absolute Gasteiger partial charge is 0.462 e. The van der Waals surface area contributed by atoms with Crippen molar-refractivity contribution in [2.75, 3.05) is 6.61 Å². The van der Waals surface area contributed by atoms with E-state index in [0.29, 0.717) is 41.1 Å². The molecule has 0 heterocycles. The Bertz CT molecular complexity index is 1290. The molecule has 3 aromatic carbocycles. The predicted octanol–water partition coefficient (Wildman–Crippen LogP) is 8.29. The molecule has 0 N–H and O–H groups in total. The van der Waals surface area contributed by atoms with Crippen LogP contribution in [0.3, 0.4) is 0 Å². The van der Waals surface area contributed by atoms with E-state index in [1.54, 1.807) is 48.5 Å². The number of benzene rings is 3. The monoisotopic (exact) mass is 556 g/mol. The van der Waals surface area contributed by atoms with Gasteiger partial charge in [-0.05, 0) is 84.3 Å². The van der Waals surface area contributed by atoms with Gasteiger partial charge in [-0.3, -0.25) is 4.79 Å². The van der Waals surface area contributed by atoms with Crippen molar-refractivity contribution in [3.63, 3.8) is 0 Å². The number of carbonyl (C=O) groups excluding carboxylic acids is 3. The second kappa shape index (κ2) is 14.6. The number of hydrogen-bond acceptors (Lipinski definition) is 6. The summed E-state index contributed by atoms with van der Waals surface area (Å²) in [7, 11) is 0. The summed E-state index contributed by atoms with van der Waals surface area (Å²) in [6, 6.07) is 20.9. The molecule has 3 aromatic rings. The normalized spacial score (nSPS) is 16.8. The van der Waals surface area contributed by atoms with Gasteiger partial charge in [-0.15, -0.1) is 0 Å². The minimum atomic E-state index is -0.491. The molecule has 0 aliphatic heterocycles. The van der Waals surface area contributed by atoms with Gasteiger partial charge >= 0.3 is 17.9 Å². The van der Waals surface area contributed by atoms with Crippen LogP contribution in [-0.2, 0) is 9.53 Å². The molecule has 4 rings (SSSR count). The molecule has 0 spiro atoms. The van der Waals surface area contributed by atoms with Crippen LogP contribution < -0.4 is 9.47 Å². The number of carbonyl (C=O) groups is 3. The molecule has 1 aliphatic carbocycles. The van der Waals surface area contributed by atoms with Gasteiger partial charge in [-0.25, -0.2) is 9.59 Å². The molecule has 0 saturated heterocycles. The molecule has 6 nitrogen and oxygen atoms in total. The molecular formula is C35H40O6. The third-order valence-electron chi connectivity index (χ3n) is 7.81. The molecule has 0 bridgehead atoms. The Morgan fingerprint density at radius 2 is 1.27 bits per heavy atom. The van der Waals surface area contributed by atoms with Crippen LogP contribution in [0.4, 0.5) is 0 Å². The van der Waals surface area contributed by atoms with E-state index in [-0.39, 0.29) is 11.9 Å². The molecule has 1 saturated carbocycles. The SMILES string of the molecule is CCCCCC1CC(C(=O)Oc2ccc(-c3ccc(C(=O)Oc4ccc(C(=O)OC[C@@H](C)CC)cc4)cc3)cc2)C1. The Hall–Kier alpha value is -3.93. The van der Waals surface area contributed by atoms with Crippen molar-refractivity contribution in [2.24, 2.45) is 17.8 Å². The van der Waals surface area contributed by atoms with Gasteiger partial charge in [-0.1, -0.05) is 77.1 Å². The lowest BCUT2D eigenvalue weighted by Crippen LogP contribution is -2.33. The van der Waals surface area contributed by atoms with Gasteiger partial charge in [0.05, 0.1) is 23.7 Å². The van der Waals surface area contributed by atoms with Crippen LogP contribution in [0.5, 0.6) is 11.5 Å². The van der Waals surface area contributed by atoms with Gasteiger partial charge in [0.25, 0.3) is 0 Å². The smallest absolute Gasteiger partial charge is 0.343 e. The molecule has 1 fully saturated rings. The van der Waals surface area contributed by atoms with Crippen LogP contribution in [0.25, 0.3) is 11.1 Å². The minimum absolute atomic E-state index is 0.0162. The van der Waals surface area contributed by atoms with E-state index in [4.69, 9.17) is 14.2 Å². The summed E-state index contributed by atoms with van der Waals surface area (Å²) in [5, 5.41) is 0. The van der Waals surface area contributed by atoms with E-state index in [1.165, 1.54) is 25.7 Å². The van der Waals surface area contributed by atoms with Crippen LogP contribution in [0, 0.1) is 17.8 Å². The minimum Gasteiger partial charge on any atom is -0.462 e. The van der Waals surface area contributed by atoms with Gasteiger partial charge < -0.3 is 14.2 Å². The van der Waals surface area contributed by atoms with Gasteiger partial charge in [-0.2, -0.15) is 0 Å². The second-order valence-electron chi connectivity index (χ2n) is 11.1. The maximum Gasteiger partial charge on any atom is 0.343 e. The first-order valence-corrected chi connectivity index (χ1v) is 14.8. The summed E-state index contributed by atoms with van der Waals surface area (Å²) in [5.41, 5.74) is 2.69. The van der Waals surface area contributed by atoms with Gasteiger partial charge in [0.15, 0.2) is 0 Å². The second-order valence-corrected chi connectivity index (χ2v) is 11.1. The standard InChI is InChI=1S/C35H40O6/c1-4-6-7-8-25-21-30(22-25)35(38)41-31-17-13-27(14-18-31)26-9-11-29(12-10-26)34(37)40-32-19-15-28(16-20-32)33(36)39-23-24(3)5-2/h9-20,24-25,30H,4-8,21-23H2,1-3H3/t24-,25?,30?/m0/s1. The zero-order valence-corrected chi connectivity index (χ0v) is 24.3. The van der Waals surface area contributed by atoms with Crippen molar-refractivity contribution >= 4 is 17.9 Å². The van der Waals surface area contributed by atoms with Crippen molar-refractivity contribution < 1.29 is 28.6 Å². The molecule has 0 aromatic heterocycles. The Morgan fingerprint density at radius 3 is 1.88 bits per heavy atom. The maximum absolute atomic E-state index is 12.6. The fourth-order valence-corrected chi connectivity index (χ4v) is 4.80. The Morgan fingerprint density at radius 1 is 0.732 bits per heavy atom. The third-order valence-corrected chi connectivity index (χ3v) is 7.81. The summed E-state index contributed by atoms with van der Waals surface area (Å²) in [6.45, 7) is 6.65. The molecule has 6 heteroatoms. The third kappa shape index (κ3) is 8.53. The van der Waals surface area contributed by atoms with Crippen molar-refractivity contribution in [1.29, 1.82) is 0 Å². The van der Waals surface area contributed by atoms with Crippen molar-refractivity contribution in [1.82, 2.24) is 0 Å². The van der Waals surface area contributed by atoms with E-state index >= 15 is 0 Å². The highest BCUT2D eigenvalue weighted by molar-refractivity contribution is 5.92. The lowest BCUT2D eigenvalue weighted by Gasteiger charge is -2.33. The quantitative estimate of drug-likeness (QED) is 0.120. The number of hydrogen-bond donors (Lipinski definition) is 0. The molecule has 0 amide bonds. The Kier molecular flexibility index (Phi) is 10.7. The van der Waals surface area contributed by atoms with E-state index in [0.717, 1.165) is 30.4 Å². The van der Waals surface area contributed by atoms with E-state index in [9.17, 15) is 14.4 Å². The van der Waals surface area contributed by atoms with Crippen molar-refractivity contribution in [3.8, 4) is 22.6 Å². The summed E-state index contributed by atoms with van der Waals surface area (Å²) in [6.07, 6.45) is 7.76. The average Bonchev–Trinajstić information content (AvgIpc) is 2.97. The number of esters is 3. The zero-order chi connectivity index (χ0) is 29.2. The lowest BCUT2D eigenvalue weighted by molar-refractivity contribution is -0.143. The average molecular weight is 557 g/mol. The summed E-state index contributed by atoms with van der Waals surface area (Å²) in [4.78, 5) is 37.3. The van der Waals surface area contributed by atoms with Crippen LogP contribution in [0.1, 0.15) is 86.4 Å². The number of rotatable bonds is 13. The zero-order valence-electron chi connectivity index (χ0n) is 24.3. The molecule has 41 heavy (non-hydrogen) atoms. The first-order chi connectivity index (χ1) is 19.9. The summed E-state index contributed by atoms with van der Waals surface area (Å²) < 4.78 is 16.4. The predicted molar refractivity (Wildman–Crippen MR) is 159 cm³/mol. The van der Waals surface area contributed by atoms with Gasteiger partial charge in [0.1, 0.15) is 11.5 Å². The fraction of sp³-hybridized carbons (Fsp3) is 0.400. The van der Waals surface area contributed by atoms with E-state index in [1.807, 2.05) is 38.1 Å². The first-order valence-electron chi connectivity index (χ1n) is 14.8. The highest BCUT2D eigenvalue weighted by Gasteiger charge is 2.35. The highest BCUT2D eigenvalue weighted by Crippen LogP contribution is 2.38. The van der Waals surface area contributed by atoms with Crippen LogP contribution in [0.2, 0.25) is 0 Å². The van der Waals surface area contributed by atoms with Gasteiger partial charge in [0, 0.05) is 0 Å². The topological polar surface area (TPSA) is 78.9 Å². The van der Waals surface area contributed by atoms with Crippen LogP contribution in [0.15, 0.2) is 72.8 Å². The highest BCUT2D eigenvalue weighted by atomic mass is 16.5. The molecule has 1 aliphatic rings. The molecule has 0 unspecified atom stereocenters. The molecule has 1 atom stereocenters. The summed E-state index contributed by atoms with van der Waals surface area (Å²) >= 11 is 0. The maximum atomic E-state index is 12.6. The summed E-state index contributed by atoms with van der Waals surface area (Å²) in [5.74, 6) is 0.853. The van der Waals surface area contributed by atoms with Crippen LogP contribution >= 0.6 is 0 Å². The van der Waals surface area contributed by atoms with E-state index in [2.05, 4.69) is 6.92 Å². The molecule has 0 radical (unpaired) electrons. The van der Waals surface area contributed by atoms with Crippen molar-refractivity contribution in [3.05, 3.63) is 83.9 Å². The lowest BCUT2D eigenvalue weighted by atomic mass is 9.72. The van der Waals surface area contributed by atoms with Crippen molar-refractivity contribution in [2.45, 2.75) is 65.7 Å². The fourth-order valence-electron chi connectivity index (χ4n) is 4.80. The van der Waals surface area contributed by atoms with E-state index < -0.39 is 11.9 Å². The Balaban J connectivity index is 1.25. The van der Waals surface area contributed by atoms with Crippen LogP contribution in [-0.4, -0.2) is 24.5 Å². The first kappa shape index (κ1) is 30.0. The Labute approximate surface area is 243 Å².